The van der Waals surface area contributed by atoms with Crippen LogP contribution in [0, 0.1) is 23.1 Å². The van der Waals surface area contributed by atoms with Crippen molar-refractivity contribution in [3.63, 3.8) is 0 Å². The van der Waals surface area contributed by atoms with Crippen LogP contribution in [0.25, 0.3) is 4.98 Å². The first-order chi connectivity index (χ1) is 13.3. The van der Waals surface area contributed by atoms with E-state index in [9.17, 15) is 5.39 Å². The Balaban J connectivity index is 1.73. The molecule has 2 aliphatic heterocycles. The molecule has 152 valence electrons. The van der Waals surface area contributed by atoms with Gasteiger partial charge in [-0.1, -0.05) is 45.4 Å². The Kier molecular flexibility index (Phi) is 4.85. The molecule has 2 spiro atoms. The molecular weight excluding hydrogens is 368 g/mol. The fraction of sp³-hybridized carbons (Fsp3) is 0.739. The molecule has 0 aromatic heterocycles. The third-order valence-electron chi connectivity index (χ3n) is 8.38. The second-order valence-electron chi connectivity index (χ2n) is 9.64. The number of nitrogens with zero attached hydrogens (tertiary/aromatic N) is 2. The van der Waals surface area contributed by atoms with Crippen LogP contribution in [0.4, 0.5) is 0 Å². The van der Waals surface area contributed by atoms with Crippen molar-refractivity contribution in [3.05, 3.63) is 34.8 Å². The lowest BCUT2D eigenvalue weighted by molar-refractivity contribution is -0.329. The number of thioether (sulfide) groups is 1. The molecule has 0 amide bonds. The Labute approximate surface area is 173 Å². The van der Waals surface area contributed by atoms with E-state index in [0.717, 1.165) is 38.9 Å². The van der Waals surface area contributed by atoms with Crippen LogP contribution in [-0.2, 0) is 9.47 Å². The molecule has 6 atom stereocenters. The molecule has 4 rings (SSSR count). The first-order valence-electron chi connectivity index (χ1n) is 10.6. The van der Waals surface area contributed by atoms with Crippen molar-refractivity contribution < 1.29 is 9.47 Å². The molecular formula is C23H33N2O2S+. The maximum absolute atomic E-state index is 10.0. The van der Waals surface area contributed by atoms with E-state index in [1.54, 1.807) is 0 Å². The Hall–Kier alpha value is -1.09. The van der Waals surface area contributed by atoms with Crippen molar-refractivity contribution in [2.75, 3.05) is 13.2 Å². The zero-order valence-corrected chi connectivity index (χ0v) is 18.6. The summed E-state index contributed by atoms with van der Waals surface area (Å²) >= 11 is 1.92. The van der Waals surface area contributed by atoms with Crippen LogP contribution in [0.1, 0.15) is 58.9 Å². The van der Waals surface area contributed by atoms with E-state index in [-0.39, 0.29) is 27.7 Å². The van der Waals surface area contributed by atoms with Gasteiger partial charge in [0.2, 0.25) is 5.39 Å². The van der Waals surface area contributed by atoms with Crippen molar-refractivity contribution in [3.8, 4) is 0 Å². The van der Waals surface area contributed by atoms with Gasteiger partial charge in [-0.3, -0.25) is 0 Å². The van der Waals surface area contributed by atoms with E-state index in [1.165, 1.54) is 10.5 Å². The topological polar surface area (TPSA) is 46.6 Å². The highest BCUT2D eigenvalue weighted by atomic mass is 32.2. The quantitative estimate of drug-likeness (QED) is 0.595. The molecule has 3 fully saturated rings. The van der Waals surface area contributed by atoms with Gasteiger partial charge in [0.05, 0.1) is 25.2 Å². The summed E-state index contributed by atoms with van der Waals surface area (Å²) in [5.74, 6) is 0. The minimum atomic E-state index is -0.391. The smallest absolute Gasteiger partial charge is 0.345 e. The Morgan fingerprint density at radius 1 is 1.00 bits per heavy atom. The lowest BCUT2D eigenvalue weighted by Crippen LogP contribution is -2.78. The summed E-state index contributed by atoms with van der Waals surface area (Å²) in [6, 6.07) is 8.55. The second-order valence-corrected chi connectivity index (χ2v) is 10.9. The number of hydrogen-bond donors (Lipinski definition) is 0. The first kappa shape index (κ1) is 20.2. The Bertz CT molecular complexity index is 785. The molecule has 1 aromatic rings. The summed E-state index contributed by atoms with van der Waals surface area (Å²) in [5, 5.41) is 10.3. The first-order valence-corrected chi connectivity index (χ1v) is 11.5. The van der Waals surface area contributed by atoms with E-state index in [4.69, 9.17) is 9.47 Å². The minimum absolute atomic E-state index is 0.0456. The standard InChI is InChI=1S/C23H33N2O2S/c1-6-20(4)14-26-22(20)13-19(28-17-10-8-16(3)9-11-17)23(12-18(22)25-24)21(5,7-2)15-27-23/h8-11,18-19H,6-7,12-15H2,1-5H3/q+1. The van der Waals surface area contributed by atoms with Gasteiger partial charge >= 0.3 is 6.04 Å². The highest BCUT2D eigenvalue weighted by Gasteiger charge is 2.77. The van der Waals surface area contributed by atoms with Gasteiger partial charge in [0.15, 0.2) is 5.60 Å². The largest absolute Gasteiger partial charge is 0.372 e. The molecule has 2 saturated heterocycles. The molecule has 5 heteroatoms. The SMILES string of the molecule is CCC1(C)COC12CC(Sc1ccc(C)cc1)C1(CC2[N+]#N)OCC1(C)CC. The fourth-order valence-electron chi connectivity index (χ4n) is 5.61. The summed E-state index contributed by atoms with van der Waals surface area (Å²) in [4.78, 5) is 5.16. The van der Waals surface area contributed by atoms with E-state index < -0.39 is 5.60 Å². The monoisotopic (exact) mass is 401 g/mol. The van der Waals surface area contributed by atoms with Gasteiger partial charge in [-0.2, -0.15) is 0 Å². The van der Waals surface area contributed by atoms with Gasteiger partial charge in [0.25, 0.3) is 0 Å². The van der Waals surface area contributed by atoms with Gasteiger partial charge < -0.3 is 9.47 Å². The lowest BCUT2D eigenvalue weighted by atomic mass is 9.51. The lowest BCUT2D eigenvalue weighted by Gasteiger charge is -2.67. The number of rotatable bonds is 4. The number of hydrogen-bond acceptors (Lipinski definition) is 4. The molecule has 2 heterocycles. The van der Waals surface area contributed by atoms with Crippen LogP contribution in [-0.4, -0.2) is 35.7 Å². The number of benzene rings is 1. The predicted octanol–water partition coefficient (Wildman–Crippen LogP) is 5.84. The van der Waals surface area contributed by atoms with Crippen molar-refractivity contribution >= 4 is 11.8 Å². The molecule has 1 aromatic carbocycles. The van der Waals surface area contributed by atoms with Crippen molar-refractivity contribution in [1.29, 1.82) is 5.39 Å². The van der Waals surface area contributed by atoms with E-state index in [2.05, 4.69) is 63.9 Å². The molecule has 0 bridgehead atoms. The van der Waals surface area contributed by atoms with Crippen molar-refractivity contribution in [1.82, 2.24) is 0 Å². The number of diazo groups is 1. The van der Waals surface area contributed by atoms with Gasteiger partial charge in [-0.15, -0.1) is 11.8 Å². The van der Waals surface area contributed by atoms with Crippen LogP contribution in [0.3, 0.4) is 0 Å². The van der Waals surface area contributed by atoms with Crippen LogP contribution in [0.15, 0.2) is 29.2 Å². The fourth-order valence-corrected chi connectivity index (χ4v) is 7.20. The third-order valence-corrected chi connectivity index (χ3v) is 9.76. The van der Waals surface area contributed by atoms with Gasteiger partial charge in [-0.05, 0) is 38.3 Å². The maximum Gasteiger partial charge on any atom is 0.345 e. The van der Waals surface area contributed by atoms with E-state index in [1.807, 2.05) is 11.8 Å². The average Bonchev–Trinajstić information content (AvgIpc) is 2.71. The van der Waals surface area contributed by atoms with Crippen LogP contribution >= 0.6 is 11.8 Å². The molecule has 28 heavy (non-hydrogen) atoms. The predicted molar refractivity (Wildman–Crippen MR) is 113 cm³/mol. The van der Waals surface area contributed by atoms with Gasteiger partial charge in [0, 0.05) is 21.0 Å². The van der Waals surface area contributed by atoms with Gasteiger partial charge in [-0.25, -0.2) is 0 Å². The summed E-state index contributed by atoms with van der Waals surface area (Å²) in [6.07, 6.45) is 3.68. The maximum atomic E-state index is 10.0. The Morgan fingerprint density at radius 2 is 1.57 bits per heavy atom. The minimum Gasteiger partial charge on any atom is -0.372 e. The second kappa shape index (κ2) is 6.72. The molecule has 1 aliphatic carbocycles. The molecule has 6 unspecified atom stereocenters. The molecule has 0 N–H and O–H groups in total. The highest BCUT2D eigenvalue weighted by molar-refractivity contribution is 8.00. The molecule has 0 radical (unpaired) electrons. The molecule has 3 aliphatic rings. The van der Waals surface area contributed by atoms with Gasteiger partial charge in [0.1, 0.15) is 4.98 Å². The van der Waals surface area contributed by atoms with Crippen molar-refractivity contribution in [2.24, 2.45) is 10.8 Å². The van der Waals surface area contributed by atoms with Crippen molar-refractivity contribution in [2.45, 2.75) is 87.7 Å². The molecule has 1 saturated carbocycles. The van der Waals surface area contributed by atoms with E-state index in [0.29, 0.717) is 0 Å². The van der Waals surface area contributed by atoms with E-state index >= 15 is 0 Å². The summed E-state index contributed by atoms with van der Waals surface area (Å²) in [7, 11) is 0. The number of aryl methyl sites for hydroxylation is 1. The van der Waals surface area contributed by atoms with Crippen LogP contribution in [0.5, 0.6) is 0 Å². The van der Waals surface area contributed by atoms with Crippen LogP contribution in [0.2, 0.25) is 0 Å². The zero-order chi connectivity index (χ0) is 20.2. The Morgan fingerprint density at radius 3 is 2.04 bits per heavy atom. The number of ether oxygens (including phenoxy) is 2. The molecule has 4 nitrogen and oxygen atoms in total. The normalized spacial score (nSPS) is 44.7. The summed E-state index contributed by atoms with van der Waals surface area (Å²) in [5.41, 5.74) is 0.763. The third kappa shape index (κ3) is 2.54. The average molecular weight is 402 g/mol. The summed E-state index contributed by atoms with van der Waals surface area (Å²) < 4.78 is 12.7. The highest BCUT2D eigenvalue weighted by Crippen LogP contribution is 2.66. The zero-order valence-electron chi connectivity index (χ0n) is 17.8. The van der Waals surface area contributed by atoms with Crippen LogP contribution < -0.4 is 0 Å². The summed E-state index contributed by atoms with van der Waals surface area (Å²) in [6.45, 7) is 12.8.